The first kappa shape index (κ1) is 18.0. The van der Waals surface area contributed by atoms with Crippen molar-refractivity contribution in [2.75, 3.05) is 32.8 Å². The molecule has 21 heavy (non-hydrogen) atoms. The molecule has 0 saturated heterocycles. The second-order valence-corrected chi connectivity index (χ2v) is 5.88. The third kappa shape index (κ3) is 8.08. The van der Waals surface area contributed by atoms with Crippen LogP contribution in [0.2, 0.25) is 0 Å². The summed E-state index contributed by atoms with van der Waals surface area (Å²) in [5.74, 6) is 1.67. The maximum absolute atomic E-state index is 5.73. The van der Waals surface area contributed by atoms with Crippen molar-refractivity contribution < 1.29 is 4.74 Å². The Hall–Kier alpha value is -1.06. The highest BCUT2D eigenvalue weighted by Gasteiger charge is 1.99. The van der Waals surface area contributed by atoms with Crippen molar-refractivity contribution in [3.8, 4) is 5.75 Å². The molecule has 0 aromatic heterocycles. The van der Waals surface area contributed by atoms with Crippen molar-refractivity contribution in [3.05, 3.63) is 29.8 Å². The van der Waals surface area contributed by atoms with Gasteiger partial charge in [-0.3, -0.25) is 0 Å². The van der Waals surface area contributed by atoms with Crippen molar-refractivity contribution in [1.82, 2.24) is 10.2 Å². The Labute approximate surface area is 130 Å². The van der Waals surface area contributed by atoms with Gasteiger partial charge in [-0.25, -0.2) is 0 Å². The number of hydrogen-bond donors (Lipinski definition) is 1. The predicted octanol–water partition coefficient (Wildman–Crippen LogP) is 3.54. The smallest absolute Gasteiger partial charge is 0.119 e. The van der Waals surface area contributed by atoms with Crippen molar-refractivity contribution in [2.24, 2.45) is 5.92 Å². The molecule has 0 radical (unpaired) electrons. The lowest BCUT2D eigenvalue weighted by molar-refractivity contribution is 0.289. The molecular weight excluding hydrogens is 260 g/mol. The minimum Gasteiger partial charge on any atom is -0.494 e. The van der Waals surface area contributed by atoms with Crippen LogP contribution in [0.1, 0.15) is 39.7 Å². The minimum absolute atomic E-state index is 0.694. The van der Waals surface area contributed by atoms with E-state index in [1.54, 1.807) is 0 Å². The summed E-state index contributed by atoms with van der Waals surface area (Å²) in [5, 5.41) is 3.50. The van der Waals surface area contributed by atoms with Crippen molar-refractivity contribution in [2.45, 2.75) is 40.7 Å². The maximum Gasteiger partial charge on any atom is 0.119 e. The molecule has 1 rings (SSSR count). The van der Waals surface area contributed by atoms with Gasteiger partial charge in [-0.2, -0.15) is 0 Å². The van der Waals surface area contributed by atoms with Crippen LogP contribution < -0.4 is 10.1 Å². The van der Waals surface area contributed by atoms with Gasteiger partial charge in [0.05, 0.1) is 6.61 Å². The number of benzene rings is 1. The first-order valence-corrected chi connectivity index (χ1v) is 8.30. The molecule has 0 fully saturated rings. The van der Waals surface area contributed by atoms with Gasteiger partial charge in [0.2, 0.25) is 0 Å². The molecule has 1 aromatic carbocycles. The Morgan fingerprint density at radius 3 is 2.33 bits per heavy atom. The zero-order valence-electron chi connectivity index (χ0n) is 14.2. The second kappa shape index (κ2) is 10.6. The van der Waals surface area contributed by atoms with E-state index in [1.807, 2.05) is 0 Å². The normalized spacial score (nSPS) is 11.3. The summed E-state index contributed by atoms with van der Waals surface area (Å²) in [5.41, 5.74) is 1.31. The molecule has 0 heterocycles. The molecular formula is C18H32N2O. The summed E-state index contributed by atoms with van der Waals surface area (Å²) in [6, 6.07) is 8.44. The first-order chi connectivity index (χ1) is 10.2. The zero-order chi connectivity index (χ0) is 15.5. The summed E-state index contributed by atoms with van der Waals surface area (Å²) >= 11 is 0. The van der Waals surface area contributed by atoms with Gasteiger partial charge in [-0.05, 0) is 43.1 Å². The third-order valence-corrected chi connectivity index (χ3v) is 3.72. The molecule has 0 bridgehead atoms. The number of rotatable bonds is 11. The van der Waals surface area contributed by atoms with Crippen LogP contribution in [-0.4, -0.2) is 37.7 Å². The Kier molecular flexibility index (Phi) is 9.11. The van der Waals surface area contributed by atoms with Crippen molar-refractivity contribution in [3.63, 3.8) is 0 Å². The third-order valence-electron chi connectivity index (χ3n) is 3.72. The largest absolute Gasteiger partial charge is 0.494 e. The molecule has 3 heteroatoms. The van der Waals surface area contributed by atoms with Gasteiger partial charge in [0.15, 0.2) is 0 Å². The highest BCUT2D eigenvalue weighted by Crippen LogP contribution is 2.13. The summed E-state index contributed by atoms with van der Waals surface area (Å²) in [4.78, 5) is 2.43. The van der Waals surface area contributed by atoms with Crippen LogP contribution in [0.4, 0.5) is 0 Å². The second-order valence-electron chi connectivity index (χ2n) is 5.88. The van der Waals surface area contributed by atoms with Crippen LogP contribution in [0.5, 0.6) is 5.75 Å². The van der Waals surface area contributed by atoms with E-state index in [9.17, 15) is 0 Å². The summed E-state index contributed by atoms with van der Waals surface area (Å²) in [6.07, 6.45) is 1.11. The average Bonchev–Trinajstić information content (AvgIpc) is 2.48. The lowest BCUT2D eigenvalue weighted by atomic mass is 10.1. The van der Waals surface area contributed by atoms with Gasteiger partial charge in [0, 0.05) is 19.6 Å². The van der Waals surface area contributed by atoms with Crippen LogP contribution >= 0.6 is 0 Å². The first-order valence-electron chi connectivity index (χ1n) is 8.30. The number of hydrogen-bond acceptors (Lipinski definition) is 3. The fourth-order valence-corrected chi connectivity index (χ4v) is 2.13. The van der Waals surface area contributed by atoms with Gasteiger partial charge in [-0.1, -0.05) is 39.8 Å². The van der Waals surface area contributed by atoms with Crippen LogP contribution in [-0.2, 0) is 6.54 Å². The van der Waals surface area contributed by atoms with Crippen LogP contribution in [0, 0.1) is 5.92 Å². The number of nitrogens with one attached hydrogen (secondary N) is 1. The highest BCUT2D eigenvalue weighted by molar-refractivity contribution is 5.27. The Morgan fingerprint density at radius 2 is 1.76 bits per heavy atom. The van der Waals surface area contributed by atoms with E-state index < -0.39 is 0 Å². The molecule has 0 amide bonds. The fraction of sp³-hybridized carbons (Fsp3) is 0.667. The lowest BCUT2D eigenvalue weighted by Crippen LogP contribution is -2.31. The molecule has 3 nitrogen and oxygen atoms in total. The Bertz CT molecular complexity index is 358. The molecule has 1 aromatic rings. The van der Waals surface area contributed by atoms with Gasteiger partial charge in [0.25, 0.3) is 0 Å². The summed E-state index contributed by atoms with van der Waals surface area (Å²) < 4.78 is 5.73. The summed E-state index contributed by atoms with van der Waals surface area (Å²) in [7, 11) is 0. The van der Waals surface area contributed by atoms with Crippen LogP contribution in [0.25, 0.3) is 0 Å². The van der Waals surface area contributed by atoms with E-state index >= 15 is 0 Å². The van der Waals surface area contributed by atoms with Gasteiger partial charge < -0.3 is 15.0 Å². The van der Waals surface area contributed by atoms with E-state index in [4.69, 9.17) is 4.74 Å². The lowest BCUT2D eigenvalue weighted by Gasteiger charge is -2.18. The minimum atomic E-state index is 0.694. The molecule has 0 unspecified atom stereocenters. The molecule has 0 aliphatic rings. The number of nitrogens with zero attached hydrogens (tertiary/aromatic N) is 1. The number of likely N-dealkylation sites (N-methyl/N-ethyl adjacent to an activating group) is 1. The van der Waals surface area contributed by atoms with Gasteiger partial charge in [0.1, 0.15) is 5.75 Å². The van der Waals surface area contributed by atoms with E-state index in [2.05, 4.69) is 62.2 Å². The van der Waals surface area contributed by atoms with Crippen molar-refractivity contribution >= 4 is 0 Å². The zero-order valence-corrected chi connectivity index (χ0v) is 14.2. The molecule has 0 aliphatic heterocycles. The topological polar surface area (TPSA) is 24.5 Å². The monoisotopic (exact) mass is 292 g/mol. The standard InChI is InChI=1S/C18H32N2O/c1-5-20(6-2)13-12-19-15-17-7-9-18(10-8-17)21-14-11-16(3)4/h7-10,16,19H,5-6,11-15H2,1-4H3. The fourth-order valence-electron chi connectivity index (χ4n) is 2.13. The molecule has 0 saturated carbocycles. The molecule has 0 aliphatic carbocycles. The average molecular weight is 292 g/mol. The summed E-state index contributed by atoms with van der Waals surface area (Å²) in [6.45, 7) is 15.0. The van der Waals surface area contributed by atoms with Crippen LogP contribution in [0.15, 0.2) is 24.3 Å². The molecule has 1 N–H and O–H groups in total. The van der Waals surface area contributed by atoms with Gasteiger partial charge in [-0.15, -0.1) is 0 Å². The highest BCUT2D eigenvalue weighted by atomic mass is 16.5. The SMILES string of the molecule is CCN(CC)CCNCc1ccc(OCCC(C)C)cc1. The molecule has 0 atom stereocenters. The molecule has 120 valence electrons. The van der Waals surface area contributed by atoms with Crippen molar-refractivity contribution in [1.29, 1.82) is 0 Å². The van der Waals surface area contributed by atoms with E-state index in [0.29, 0.717) is 5.92 Å². The maximum atomic E-state index is 5.73. The van der Waals surface area contributed by atoms with E-state index in [1.165, 1.54) is 5.56 Å². The predicted molar refractivity (Wildman–Crippen MR) is 90.9 cm³/mol. The van der Waals surface area contributed by atoms with E-state index in [-0.39, 0.29) is 0 Å². The quantitative estimate of drug-likeness (QED) is 0.631. The van der Waals surface area contributed by atoms with E-state index in [0.717, 1.165) is 51.5 Å². The van der Waals surface area contributed by atoms with Gasteiger partial charge >= 0.3 is 0 Å². The van der Waals surface area contributed by atoms with Crippen LogP contribution in [0.3, 0.4) is 0 Å². The molecule has 0 spiro atoms. The Morgan fingerprint density at radius 1 is 1.10 bits per heavy atom. The Balaban J connectivity index is 2.21. The number of ether oxygens (including phenoxy) is 1.